The topological polar surface area (TPSA) is 47.1 Å². The number of halogens is 3. The van der Waals surface area contributed by atoms with Crippen LogP contribution in [0.1, 0.15) is 10.4 Å². The molecular weight excluding hydrogens is 454 g/mol. The highest BCUT2D eigenvalue weighted by atomic mass is 35.5. The number of piperazine rings is 2. The predicted octanol–water partition coefficient (Wildman–Crippen LogP) is 3.24. The first-order chi connectivity index (χ1) is 15.4. The molecule has 0 N–H and O–H groups in total. The van der Waals surface area contributed by atoms with E-state index in [4.69, 9.17) is 23.2 Å². The number of benzene rings is 2. The molecule has 6 nitrogen and oxygen atoms in total. The highest BCUT2D eigenvalue weighted by Crippen LogP contribution is 2.23. The van der Waals surface area contributed by atoms with E-state index in [1.54, 1.807) is 35.2 Å². The minimum atomic E-state index is -0.249. The van der Waals surface area contributed by atoms with Crippen LogP contribution in [0.25, 0.3) is 0 Å². The molecule has 2 fully saturated rings. The lowest BCUT2D eigenvalue weighted by molar-refractivity contribution is -0.133. The summed E-state index contributed by atoms with van der Waals surface area (Å²) in [5, 5.41) is 0.841. The smallest absolute Gasteiger partial charge is 0.255 e. The maximum atomic E-state index is 13.1. The first-order valence-electron chi connectivity index (χ1n) is 10.7. The van der Waals surface area contributed by atoms with Gasteiger partial charge in [0.15, 0.2) is 0 Å². The average Bonchev–Trinajstić information content (AvgIpc) is 2.80. The molecule has 2 amide bonds. The summed E-state index contributed by atoms with van der Waals surface area (Å²) in [5.41, 5.74) is 1.42. The van der Waals surface area contributed by atoms with E-state index in [1.807, 2.05) is 4.90 Å². The van der Waals surface area contributed by atoms with Crippen molar-refractivity contribution in [2.75, 3.05) is 63.8 Å². The minimum Gasteiger partial charge on any atom is -0.368 e. The second kappa shape index (κ2) is 10.1. The van der Waals surface area contributed by atoms with Gasteiger partial charge in [-0.15, -0.1) is 0 Å². The molecule has 2 aliphatic heterocycles. The first-order valence-corrected chi connectivity index (χ1v) is 11.4. The van der Waals surface area contributed by atoms with E-state index in [9.17, 15) is 14.0 Å². The van der Waals surface area contributed by atoms with Crippen LogP contribution in [0.3, 0.4) is 0 Å². The van der Waals surface area contributed by atoms with Gasteiger partial charge in [-0.05, 0) is 42.5 Å². The van der Waals surface area contributed by atoms with Crippen LogP contribution < -0.4 is 4.90 Å². The zero-order chi connectivity index (χ0) is 22.7. The predicted molar refractivity (Wildman–Crippen MR) is 124 cm³/mol. The van der Waals surface area contributed by atoms with Crippen molar-refractivity contribution < 1.29 is 14.0 Å². The van der Waals surface area contributed by atoms with E-state index in [0.717, 1.165) is 18.8 Å². The molecule has 0 spiro atoms. The molecule has 32 heavy (non-hydrogen) atoms. The zero-order valence-electron chi connectivity index (χ0n) is 17.6. The summed E-state index contributed by atoms with van der Waals surface area (Å²) in [6.45, 7) is 5.44. The summed E-state index contributed by atoms with van der Waals surface area (Å²) in [6.07, 6.45) is 0. The fraction of sp³-hybridized carbons (Fsp3) is 0.391. The Morgan fingerprint density at radius 2 is 1.44 bits per heavy atom. The lowest BCUT2D eigenvalue weighted by atomic mass is 10.1. The number of hydrogen-bond acceptors (Lipinski definition) is 4. The summed E-state index contributed by atoms with van der Waals surface area (Å²) in [4.78, 5) is 33.4. The maximum Gasteiger partial charge on any atom is 0.255 e. The summed E-state index contributed by atoms with van der Waals surface area (Å²) in [7, 11) is 0. The van der Waals surface area contributed by atoms with Crippen LogP contribution in [0.5, 0.6) is 0 Å². The number of carbonyl (C=O) groups excluding carboxylic acids is 2. The summed E-state index contributed by atoms with van der Waals surface area (Å²) in [6, 6.07) is 11.3. The Kier molecular flexibility index (Phi) is 7.18. The fourth-order valence-corrected chi connectivity index (χ4v) is 4.59. The monoisotopic (exact) mass is 478 g/mol. The fourth-order valence-electron chi connectivity index (χ4n) is 4.10. The Labute approximate surface area is 197 Å². The average molecular weight is 479 g/mol. The Hall–Kier alpha value is -2.35. The van der Waals surface area contributed by atoms with Crippen molar-refractivity contribution in [1.29, 1.82) is 0 Å². The van der Waals surface area contributed by atoms with E-state index in [0.29, 0.717) is 61.4 Å². The zero-order valence-corrected chi connectivity index (χ0v) is 19.2. The molecule has 9 heteroatoms. The van der Waals surface area contributed by atoms with Gasteiger partial charge in [0.25, 0.3) is 5.91 Å². The van der Waals surface area contributed by atoms with Gasteiger partial charge in [0.2, 0.25) is 5.91 Å². The Bertz CT molecular complexity index is 972. The van der Waals surface area contributed by atoms with Gasteiger partial charge in [0, 0.05) is 63.1 Å². The van der Waals surface area contributed by atoms with Crippen molar-refractivity contribution in [3.63, 3.8) is 0 Å². The molecule has 2 aromatic carbocycles. The van der Waals surface area contributed by atoms with E-state index >= 15 is 0 Å². The third-order valence-electron chi connectivity index (χ3n) is 6.00. The van der Waals surface area contributed by atoms with Gasteiger partial charge in [-0.25, -0.2) is 4.39 Å². The number of rotatable bonds is 4. The first kappa shape index (κ1) is 22.8. The molecule has 0 aromatic heterocycles. The van der Waals surface area contributed by atoms with Gasteiger partial charge in [0.1, 0.15) is 5.82 Å². The van der Waals surface area contributed by atoms with Crippen molar-refractivity contribution in [3.05, 3.63) is 63.9 Å². The molecule has 2 heterocycles. The normalized spacial score (nSPS) is 17.5. The highest BCUT2D eigenvalue weighted by molar-refractivity contribution is 6.36. The molecule has 0 unspecified atom stereocenters. The molecule has 0 atom stereocenters. The number of nitrogens with zero attached hydrogens (tertiary/aromatic N) is 4. The highest BCUT2D eigenvalue weighted by Gasteiger charge is 2.27. The molecule has 2 aliphatic rings. The Morgan fingerprint density at radius 1 is 0.812 bits per heavy atom. The molecule has 0 bridgehead atoms. The third kappa shape index (κ3) is 5.34. The van der Waals surface area contributed by atoms with E-state index in [-0.39, 0.29) is 17.6 Å². The van der Waals surface area contributed by atoms with Gasteiger partial charge in [-0.1, -0.05) is 23.2 Å². The second-order valence-electron chi connectivity index (χ2n) is 8.04. The van der Waals surface area contributed by atoms with Crippen LogP contribution in [-0.2, 0) is 4.79 Å². The van der Waals surface area contributed by atoms with E-state index in [2.05, 4.69) is 9.80 Å². The van der Waals surface area contributed by atoms with Crippen molar-refractivity contribution in [2.24, 2.45) is 0 Å². The molecule has 0 radical (unpaired) electrons. The van der Waals surface area contributed by atoms with E-state index in [1.165, 1.54) is 12.1 Å². The molecule has 4 rings (SSSR count). The van der Waals surface area contributed by atoms with Gasteiger partial charge in [0.05, 0.1) is 17.1 Å². The van der Waals surface area contributed by atoms with Crippen LogP contribution in [0.2, 0.25) is 10.0 Å². The lowest BCUT2D eigenvalue weighted by Crippen LogP contribution is -2.54. The van der Waals surface area contributed by atoms with Crippen molar-refractivity contribution in [2.45, 2.75) is 0 Å². The summed E-state index contributed by atoms with van der Waals surface area (Å²) in [5.74, 6) is -0.264. The number of hydrogen-bond donors (Lipinski definition) is 0. The van der Waals surface area contributed by atoms with Crippen molar-refractivity contribution in [1.82, 2.24) is 14.7 Å². The maximum absolute atomic E-state index is 13.1. The van der Waals surface area contributed by atoms with Gasteiger partial charge < -0.3 is 14.7 Å². The number of anilines is 1. The SMILES string of the molecule is O=C(CN1CCN(C(=O)c2ccc(Cl)cc2Cl)CC1)N1CCN(c2ccc(F)cc2)CC1. The van der Waals surface area contributed by atoms with Crippen LogP contribution in [0, 0.1) is 5.82 Å². The second-order valence-corrected chi connectivity index (χ2v) is 8.88. The van der Waals surface area contributed by atoms with Crippen molar-refractivity contribution >= 4 is 40.7 Å². The van der Waals surface area contributed by atoms with Gasteiger partial charge in [-0.2, -0.15) is 0 Å². The molecule has 0 aliphatic carbocycles. The molecule has 0 saturated carbocycles. The summed E-state index contributed by atoms with van der Waals surface area (Å²) < 4.78 is 13.1. The van der Waals surface area contributed by atoms with Crippen LogP contribution in [0.4, 0.5) is 10.1 Å². The molecule has 170 valence electrons. The molecular formula is C23H25Cl2FN4O2. The van der Waals surface area contributed by atoms with Gasteiger partial charge >= 0.3 is 0 Å². The summed E-state index contributed by atoms with van der Waals surface area (Å²) >= 11 is 12.1. The minimum absolute atomic E-state index is 0.101. The van der Waals surface area contributed by atoms with Crippen LogP contribution in [-0.4, -0.2) is 85.4 Å². The largest absolute Gasteiger partial charge is 0.368 e. The number of carbonyl (C=O) groups is 2. The molecule has 2 aromatic rings. The van der Waals surface area contributed by atoms with Crippen LogP contribution in [0.15, 0.2) is 42.5 Å². The quantitative estimate of drug-likeness (QED) is 0.676. The Balaban J connectivity index is 1.23. The Morgan fingerprint density at radius 3 is 2.06 bits per heavy atom. The standard InChI is InChI=1S/C23H25Cl2FN4O2/c24-17-1-6-20(21(25)15-17)23(32)30-9-7-27(8-10-30)16-22(31)29-13-11-28(12-14-29)19-4-2-18(26)3-5-19/h1-6,15H,7-14,16H2. The lowest BCUT2D eigenvalue weighted by Gasteiger charge is -2.38. The third-order valence-corrected chi connectivity index (χ3v) is 6.55. The van der Waals surface area contributed by atoms with Crippen LogP contribution >= 0.6 is 23.2 Å². The van der Waals surface area contributed by atoms with Gasteiger partial charge in [-0.3, -0.25) is 14.5 Å². The number of amides is 2. The van der Waals surface area contributed by atoms with E-state index < -0.39 is 0 Å². The molecule has 2 saturated heterocycles. The van der Waals surface area contributed by atoms with Crippen molar-refractivity contribution in [3.8, 4) is 0 Å².